The molecule has 0 spiro atoms. The highest BCUT2D eigenvalue weighted by molar-refractivity contribution is 5.82. The van der Waals surface area contributed by atoms with Crippen LogP contribution in [0, 0.1) is 6.92 Å². The average Bonchev–Trinajstić information content (AvgIpc) is 3.34. The number of hydrogen-bond acceptors (Lipinski definition) is 6. The molecule has 5 heterocycles. The van der Waals surface area contributed by atoms with Crippen molar-refractivity contribution in [3.63, 3.8) is 0 Å². The minimum atomic E-state index is -2.88. The van der Waals surface area contributed by atoms with Gasteiger partial charge in [-0.25, -0.2) is 37.0 Å². The molecular formula is C24H26F4N8. The number of rotatable bonds is 6. The first-order valence-electron chi connectivity index (χ1n) is 12.1. The van der Waals surface area contributed by atoms with Crippen LogP contribution < -0.4 is 5.32 Å². The molecule has 1 atom stereocenters. The predicted octanol–water partition coefficient (Wildman–Crippen LogP) is 4.39. The van der Waals surface area contributed by atoms with Crippen LogP contribution in [0.3, 0.4) is 0 Å². The van der Waals surface area contributed by atoms with Crippen molar-refractivity contribution in [3.8, 4) is 11.3 Å². The molecule has 0 bridgehead atoms. The Kier molecular flexibility index (Phi) is 5.58. The summed E-state index contributed by atoms with van der Waals surface area (Å²) < 4.78 is 58.8. The highest BCUT2D eigenvalue weighted by atomic mass is 19.3. The molecule has 1 saturated carbocycles. The molecule has 1 aliphatic heterocycles. The molecule has 0 amide bonds. The van der Waals surface area contributed by atoms with Crippen molar-refractivity contribution in [3.05, 3.63) is 36.4 Å². The minimum absolute atomic E-state index is 0.125. The highest BCUT2D eigenvalue weighted by Gasteiger charge is 2.47. The second-order valence-electron chi connectivity index (χ2n) is 9.64. The molecule has 1 N–H and O–H groups in total. The molecule has 6 rings (SSSR count). The van der Waals surface area contributed by atoms with Gasteiger partial charge in [0.1, 0.15) is 11.3 Å². The van der Waals surface area contributed by atoms with Crippen molar-refractivity contribution in [2.45, 2.75) is 63.6 Å². The third-order valence-corrected chi connectivity index (χ3v) is 7.32. The fourth-order valence-corrected chi connectivity index (χ4v) is 5.17. The van der Waals surface area contributed by atoms with Gasteiger partial charge < -0.3 is 9.88 Å². The Balaban J connectivity index is 1.25. The summed E-state index contributed by atoms with van der Waals surface area (Å²) in [4.78, 5) is 15.1. The molecule has 2 fully saturated rings. The van der Waals surface area contributed by atoms with Gasteiger partial charge in [0.15, 0.2) is 5.65 Å². The number of pyridine rings is 1. The van der Waals surface area contributed by atoms with E-state index >= 15 is 0 Å². The molecular weight excluding hydrogens is 476 g/mol. The van der Waals surface area contributed by atoms with Crippen molar-refractivity contribution in [1.29, 1.82) is 0 Å². The molecule has 2 aliphatic rings. The number of likely N-dealkylation sites (tertiary alicyclic amines) is 1. The van der Waals surface area contributed by atoms with Crippen LogP contribution in [0.1, 0.15) is 31.5 Å². The highest BCUT2D eigenvalue weighted by Crippen LogP contribution is 2.35. The molecule has 1 saturated heterocycles. The smallest absolute Gasteiger partial charge is 0.280 e. The number of alkyl halides is 4. The van der Waals surface area contributed by atoms with E-state index in [0.717, 1.165) is 19.3 Å². The monoisotopic (exact) mass is 502 g/mol. The Morgan fingerprint density at radius 3 is 2.69 bits per heavy atom. The lowest BCUT2D eigenvalue weighted by atomic mass is 9.88. The lowest BCUT2D eigenvalue weighted by Gasteiger charge is -2.45. The Labute approximate surface area is 204 Å². The van der Waals surface area contributed by atoms with Crippen LogP contribution in [0.5, 0.6) is 0 Å². The van der Waals surface area contributed by atoms with Crippen LogP contribution in [-0.2, 0) is 6.54 Å². The number of aromatic nitrogens is 6. The maximum atomic E-state index is 14.9. The molecule has 1 unspecified atom stereocenters. The first kappa shape index (κ1) is 23.1. The summed E-state index contributed by atoms with van der Waals surface area (Å²) in [6, 6.07) is 4.54. The summed E-state index contributed by atoms with van der Waals surface area (Å²) in [6.45, 7) is 1.56. The number of anilines is 1. The second-order valence-corrected chi connectivity index (χ2v) is 9.64. The SMILES string of the molecule is Cc1nc2ccc(-c3ccn4nc(NC5CCN(C6CCC6)CC5(F)F)ncc34)nc2n1CC(F)F. The van der Waals surface area contributed by atoms with Crippen molar-refractivity contribution >= 4 is 22.6 Å². The molecule has 36 heavy (non-hydrogen) atoms. The van der Waals surface area contributed by atoms with E-state index in [1.54, 1.807) is 42.0 Å². The Bertz CT molecular complexity index is 1410. The Hall–Kier alpha value is -3.28. The normalized spacial score (nSPS) is 20.9. The van der Waals surface area contributed by atoms with Gasteiger partial charge in [-0.3, -0.25) is 4.90 Å². The fourth-order valence-electron chi connectivity index (χ4n) is 5.17. The van der Waals surface area contributed by atoms with E-state index in [2.05, 4.69) is 25.4 Å². The summed E-state index contributed by atoms with van der Waals surface area (Å²) >= 11 is 0. The number of fused-ring (bicyclic) bond motifs is 2. The van der Waals surface area contributed by atoms with E-state index in [4.69, 9.17) is 0 Å². The minimum Gasteiger partial charge on any atom is -0.344 e. The molecule has 1 aliphatic carbocycles. The van der Waals surface area contributed by atoms with Crippen LogP contribution in [0.4, 0.5) is 23.5 Å². The number of nitrogens with zero attached hydrogens (tertiary/aromatic N) is 7. The van der Waals surface area contributed by atoms with Crippen LogP contribution in [-0.4, -0.2) is 71.6 Å². The van der Waals surface area contributed by atoms with Crippen LogP contribution in [0.15, 0.2) is 30.6 Å². The van der Waals surface area contributed by atoms with Crippen LogP contribution >= 0.6 is 0 Å². The van der Waals surface area contributed by atoms with Gasteiger partial charge in [0.25, 0.3) is 12.3 Å². The van der Waals surface area contributed by atoms with Gasteiger partial charge in [-0.15, -0.1) is 5.10 Å². The van der Waals surface area contributed by atoms with Gasteiger partial charge in [-0.05, 0) is 44.4 Å². The second kappa shape index (κ2) is 8.68. The molecule has 0 aromatic carbocycles. The van der Waals surface area contributed by atoms with Crippen molar-refractivity contribution in [1.82, 2.24) is 34.0 Å². The van der Waals surface area contributed by atoms with E-state index in [1.807, 2.05) is 4.90 Å². The lowest BCUT2D eigenvalue weighted by molar-refractivity contribution is -0.0921. The average molecular weight is 503 g/mol. The standard InChI is InChI=1S/C24H26F4N8/c1-14-30-18-6-5-17(31-22(18)35(14)12-21(25)26)16-7-10-36-19(16)11-29-23(33-36)32-20-8-9-34(13-24(20,27)28)15-3-2-4-15/h5-7,10-11,15,20-21H,2-4,8-9,12-13H2,1H3,(H,32,33). The molecule has 12 heteroatoms. The predicted molar refractivity (Wildman–Crippen MR) is 126 cm³/mol. The molecule has 4 aromatic rings. The van der Waals surface area contributed by atoms with E-state index in [-0.39, 0.29) is 18.5 Å². The summed E-state index contributed by atoms with van der Waals surface area (Å²) in [5, 5.41) is 7.23. The molecule has 4 aromatic heterocycles. The van der Waals surface area contributed by atoms with E-state index in [0.29, 0.717) is 46.7 Å². The van der Waals surface area contributed by atoms with Crippen LogP contribution in [0.25, 0.3) is 27.9 Å². The fraction of sp³-hybridized carbons (Fsp3) is 0.500. The lowest BCUT2D eigenvalue weighted by Crippen LogP contribution is -2.58. The van der Waals surface area contributed by atoms with Crippen LogP contribution in [0.2, 0.25) is 0 Å². The summed E-state index contributed by atoms with van der Waals surface area (Å²) in [7, 11) is 0. The van der Waals surface area contributed by atoms with E-state index in [9.17, 15) is 17.6 Å². The van der Waals surface area contributed by atoms with Gasteiger partial charge in [0, 0.05) is 24.3 Å². The Morgan fingerprint density at radius 1 is 1.14 bits per heavy atom. The van der Waals surface area contributed by atoms with Crippen molar-refractivity contribution in [2.24, 2.45) is 0 Å². The quantitative estimate of drug-likeness (QED) is 0.394. The van der Waals surface area contributed by atoms with Crippen molar-refractivity contribution in [2.75, 3.05) is 18.4 Å². The topological polar surface area (TPSA) is 76.2 Å². The number of halogens is 4. The maximum Gasteiger partial charge on any atom is 0.280 e. The number of nitrogens with one attached hydrogen (secondary N) is 1. The van der Waals surface area contributed by atoms with E-state index in [1.165, 1.54) is 4.57 Å². The van der Waals surface area contributed by atoms with Gasteiger partial charge in [0.05, 0.1) is 36.5 Å². The van der Waals surface area contributed by atoms with E-state index < -0.39 is 24.9 Å². The largest absolute Gasteiger partial charge is 0.344 e. The third-order valence-electron chi connectivity index (χ3n) is 7.32. The summed E-state index contributed by atoms with van der Waals surface area (Å²) in [6.07, 6.45) is 4.15. The number of hydrogen-bond donors (Lipinski definition) is 1. The first-order valence-corrected chi connectivity index (χ1v) is 12.1. The number of aryl methyl sites for hydroxylation is 1. The summed E-state index contributed by atoms with van der Waals surface area (Å²) in [5.41, 5.74) is 2.78. The van der Waals surface area contributed by atoms with Gasteiger partial charge >= 0.3 is 0 Å². The maximum absolute atomic E-state index is 14.9. The zero-order valence-corrected chi connectivity index (χ0v) is 19.7. The zero-order valence-electron chi connectivity index (χ0n) is 19.7. The molecule has 190 valence electrons. The van der Waals surface area contributed by atoms with Gasteiger partial charge in [-0.2, -0.15) is 0 Å². The van der Waals surface area contributed by atoms with Gasteiger partial charge in [-0.1, -0.05) is 6.42 Å². The van der Waals surface area contributed by atoms with Crippen molar-refractivity contribution < 1.29 is 17.6 Å². The van der Waals surface area contributed by atoms with Gasteiger partial charge in [0.2, 0.25) is 5.95 Å². The molecule has 0 radical (unpaired) electrons. The number of imidazole rings is 1. The Morgan fingerprint density at radius 2 is 1.97 bits per heavy atom. The summed E-state index contributed by atoms with van der Waals surface area (Å²) in [5.74, 6) is -2.29. The number of piperidine rings is 1. The first-order chi connectivity index (χ1) is 17.3. The molecule has 8 nitrogen and oxygen atoms in total. The zero-order chi connectivity index (χ0) is 25.0. The third kappa shape index (κ3) is 4.06.